The van der Waals surface area contributed by atoms with Gasteiger partial charge in [0.15, 0.2) is 0 Å². The quantitative estimate of drug-likeness (QED) is 0.812. The van der Waals surface area contributed by atoms with E-state index < -0.39 is 0 Å². The van der Waals surface area contributed by atoms with Crippen LogP contribution in [-0.2, 0) is 0 Å². The Bertz CT molecular complexity index is 485. The Balaban J connectivity index is 2.29. The lowest BCUT2D eigenvalue weighted by molar-refractivity contribution is 0.475. The Morgan fingerprint density at radius 1 is 1.00 bits per heavy atom. The number of rotatable bonds is 3. The van der Waals surface area contributed by atoms with E-state index in [4.69, 9.17) is 0 Å². The number of phenols is 1. The van der Waals surface area contributed by atoms with Crippen molar-refractivity contribution >= 4 is 0 Å². The summed E-state index contributed by atoms with van der Waals surface area (Å²) < 4.78 is 0. The predicted octanol–water partition coefficient (Wildman–Crippen LogP) is 4.57. The minimum Gasteiger partial charge on any atom is -0.508 e. The smallest absolute Gasteiger partial charge is 0.116 e. The molecule has 2 rings (SSSR count). The van der Waals surface area contributed by atoms with Gasteiger partial charge in [-0.2, -0.15) is 0 Å². The summed E-state index contributed by atoms with van der Waals surface area (Å²) in [6.45, 7) is 4.44. The predicted molar refractivity (Wildman–Crippen MR) is 72.2 cm³/mol. The molecule has 1 unspecified atom stereocenters. The maximum atomic E-state index is 9.46. The topological polar surface area (TPSA) is 20.2 Å². The Labute approximate surface area is 103 Å². The Kier molecular flexibility index (Phi) is 3.48. The molecule has 2 aromatic carbocycles. The molecular formula is C16H18O. The van der Waals surface area contributed by atoms with Gasteiger partial charge in [0.25, 0.3) is 0 Å². The van der Waals surface area contributed by atoms with E-state index in [9.17, 15) is 5.11 Å². The summed E-state index contributed by atoms with van der Waals surface area (Å²) in [7, 11) is 0. The molecule has 0 aliphatic heterocycles. The molecule has 0 aliphatic rings. The van der Waals surface area contributed by atoms with Crippen molar-refractivity contribution in [3.63, 3.8) is 0 Å². The van der Waals surface area contributed by atoms with Crippen molar-refractivity contribution < 1.29 is 5.11 Å². The lowest BCUT2D eigenvalue weighted by atomic mass is 9.96. The van der Waals surface area contributed by atoms with E-state index in [1.165, 1.54) is 5.56 Å². The molecule has 0 heterocycles. The largest absolute Gasteiger partial charge is 0.508 e. The third kappa shape index (κ3) is 2.68. The molecule has 0 saturated heterocycles. The highest BCUT2D eigenvalue weighted by molar-refractivity contribution is 5.65. The number of hydrogen-bond donors (Lipinski definition) is 1. The second kappa shape index (κ2) is 5.05. The molecule has 2 aromatic rings. The van der Waals surface area contributed by atoms with Gasteiger partial charge in [-0.1, -0.05) is 50.2 Å². The van der Waals surface area contributed by atoms with Crippen molar-refractivity contribution in [3.8, 4) is 16.9 Å². The van der Waals surface area contributed by atoms with E-state index >= 15 is 0 Å². The standard InChI is InChI=1S/C16H18O/c1-3-12(2)13-7-9-14(10-8-13)15-5-4-6-16(17)11-15/h4-12,17H,3H2,1-2H3. The monoisotopic (exact) mass is 226 g/mol. The number of hydrogen-bond acceptors (Lipinski definition) is 1. The van der Waals surface area contributed by atoms with Crippen molar-refractivity contribution in [2.75, 3.05) is 0 Å². The van der Waals surface area contributed by atoms with Crippen LogP contribution in [-0.4, -0.2) is 5.11 Å². The third-order valence-corrected chi connectivity index (χ3v) is 3.27. The number of aromatic hydroxyl groups is 1. The van der Waals surface area contributed by atoms with Crippen molar-refractivity contribution in [1.82, 2.24) is 0 Å². The van der Waals surface area contributed by atoms with Gasteiger partial charge in [0.1, 0.15) is 5.75 Å². The lowest BCUT2D eigenvalue weighted by Crippen LogP contribution is -1.90. The zero-order valence-corrected chi connectivity index (χ0v) is 10.4. The van der Waals surface area contributed by atoms with Crippen LogP contribution >= 0.6 is 0 Å². The minimum absolute atomic E-state index is 0.313. The molecule has 88 valence electrons. The summed E-state index contributed by atoms with van der Waals surface area (Å²) in [5, 5.41) is 9.46. The van der Waals surface area contributed by atoms with Crippen LogP contribution in [0.4, 0.5) is 0 Å². The van der Waals surface area contributed by atoms with Crippen molar-refractivity contribution in [2.45, 2.75) is 26.2 Å². The lowest BCUT2D eigenvalue weighted by Gasteiger charge is -2.10. The average Bonchev–Trinajstić information content (AvgIpc) is 2.38. The summed E-state index contributed by atoms with van der Waals surface area (Å²) >= 11 is 0. The minimum atomic E-state index is 0.313. The van der Waals surface area contributed by atoms with Gasteiger partial charge >= 0.3 is 0 Å². The highest BCUT2D eigenvalue weighted by Gasteiger charge is 2.03. The molecule has 0 fully saturated rings. The van der Waals surface area contributed by atoms with Gasteiger partial charge in [-0.15, -0.1) is 0 Å². The molecule has 0 radical (unpaired) electrons. The Morgan fingerprint density at radius 2 is 1.71 bits per heavy atom. The van der Waals surface area contributed by atoms with E-state index in [1.54, 1.807) is 12.1 Å². The van der Waals surface area contributed by atoms with Crippen molar-refractivity contribution in [3.05, 3.63) is 54.1 Å². The normalized spacial score (nSPS) is 12.4. The first-order chi connectivity index (χ1) is 8.20. The van der Waals surface area contributed by atoms with Gasteiger partial charge < -0.3 is 5.11 Å². The zero-order chi connectivity index (χ0) is 12.3. The first-order valence-electron chi connectivity index (χ1n) is 6.10. The first-order valence-corrected chi connectivity index (χ1v) is 6.10. The van der Waals surface area contributed by atoms with E-state index in [0.717, 1.165) is 17.5 Å². The third-order valence-electron chi connectivity index (χ3n) is 3.27. The van der Waals surface area contributed by atoms with E-state index in [-0.39, 0.29) is 0 Å². The fourth-order valence-corrected chi connectivity index (χ4v) is 1.93. The maximum Gasteiger partial charge on any atom is 0.116 e. The zero-order valence-electron chi connectivity index (χ0n) is 10.4. The van der Waals surface area contributed by atoms with Crippen LogP contribution < -0.4 is 0 Å². The molecule has 0 aliphatic carbocycles. The Morgan fingerprint density at radius 3 is 2.29 bits per heavy atom. The summed E-state index contributed by atoms with van der Waals surface area (Å²) in [5.74, 6) is 0.918. The van der Waals surface area contributed by atoms with Gasteiger partial charge in [-0.3, -0.25) is 0 Å². The maximum absolute atomic E-state index is 9.46. The summed E-state index contributed by atoms with van der Waals surface area (Å²) in [5.41, 5.74) is 3.57. The van der Waals surface area contributed by atoms with E-state index in [0.29, 0.717) is 11.7 Å². The van der Waals surface area contributed by atoms with Crippen LogP contribution in [0.5, 0.6) is 5.75 Å². The highest BCUT2D eigenvalue weighted by atomic mass is 16.3. The fourth-order valence-electron chi connectivity index (χ4n) is 1.93. The Hall–Kier alpha value is -1.76. The van der Waals surface area contributed by atoms with Crippen LogP contribution in [0.3, 0.4) is 0 Å². The van der Waals surface area contributed by atoms with E-state index in [2.05, 4.69) is 38.1 Å². The van der Waals surface area contributed by atoms with Crippen molar-refractivity contribution in [1.29, 1.82) is 0 Å². The van der Waals surface area contributed by atoms with Crippen LogP contribution in [0.1, 0.15) is 31.7 Å². The summed E-state index contributed by atoms with van der Waals surface area (Å²) in [4.78, 5) is 0. The molecular weight excluding hydrogens is 208 g/mol. The van der Waals surface area contributed by atoms with Crippen LogP contribution in [0, 0.1) is 0 Å². The molecule has 0 amide bonds. The highest BCUT2D eigenvalue weighted by Crippen LogP contribution is 2.26. The molecule has 1 atom stereocenters. The molecule has 0 bridgehead atoms. The fraction of sp³-hybridized carbons (Fsp3) is 0.250. The van der Waals surface area contributed by atoms with Crippen LogP contribution in [0.2, 0.25) is 0 Å². The van der Waals surface area contributed by atoms with Crippen LogP contribution in [0.25, 0.3) is 11.1 Å². The molecule has 0 aromatic heterocycles. The van der Waals surface area contributed by atoms with Crippen LogP contribution in [0.15, 0.2) is 48.5 Å². The molecule has 1 N–H and O–H groups in total. The number of phenolic OH excluding ortho intramolecular Hbond substituents is 1. The molecule has 1 heteroatoms. The van der Waals surface area contributed by atoms with Gasteiger partial charge in [-0.25, -0.2) is 0 Å². The summed E-state index contributed by atoms with van der Waals surface area (Å²) in [6, 6.07) is 16.0. The SMILES string of the molecule is CCC(C)c1ccc(-c2cccc(O)c2)cc1. The average molecular weight is 226 g/mol. The number of benzene rings is 2. The van der Waals surface area contributed by atoms with Gasteiger partial charge in [-0.05, 0) is 41.2 Å². The molecule has 0 saturated carbocycles. The first kappa shape index (κ1) is 11.7. The van der Waals surface area contributed by atoms with Gasteiger partial charge in [0.05, 0.1) is 0 Å². The second-order valence-corrected chi connectivity index (χ2v) is 4.48. The van der Waals surface area contributed by atoms with E-state index in [1.807, 2.05) is 12.1 Å². The summed E-state index contributed by atoms with van der Waals surface area (Å²) in [6.07, 6.45) is 1.16. The van der Waals surface area contributed by atoms with Crippen molar-refractivity contribution in [2.24, 2.45) is 0 Å². The van der Waals surface area contributed by atoms with Gasteiger partial charge in [0, 0.05) is 0 Å². The molecule has 1 nitrogen and oxygen atoms in total. The molecule has 0 spiro atoms. The second-order valence-electron chi connectivity index (χ2n) is 4.48. The molecule has 17 heavy (non-hydrogen) atoms. The van der Waals surface area contributed by atoms with Gasteiger partial charge in [0.2, 0.25) is 0 Å².